The fourth-order valence-corrected chi connectivity index (χ4v) is 9.52. The lowest BCUT2D eigenvalue weighted by Crippen LogP contribution is -2.14. The molecule has 0 unspecified atom stereocenters. The predicted molar refractivity (Wildman–Crippen MR) is 230 cm³/mol. The molecule has 9 aromatic carbocycles. The second-order valence-electron chi connectivity index (χ2n) is 15.2. The van der Waals surface area contributed by atoms with Gasteiger partial charge >= 0.3 is 0 Å². The maximum absolute atomic E-state index is 2.48. The molecule has 1 aliphatic carbocycles. The topological polar surface area (TPSA) is 4.93 Å². The molecule has 1 aromatic heterocycles. The molecule has 0 spiro atoms. The highest BCUT2D eigenvalue weighted by molar-refractivity contribution is 6.23. The van der Waals surface area contributed by atoms with Gasteiger partial charge in [0.2, 0.25) is 0 Å². The maximum atomic E-state index is 2.48. The van der Waals surface area contributed by atoms with Crippen LogP contribution in [0.1, 0.15) is 25.0 Å². The van der Waals surface area contributed by atoms with Crippen LogP contribution in [-0.4, -0.2) is 4.57 Å². The molecule has 0 radical (unpaired) electrons. The molecule has 1 heterocycles. The molecule has 0 fully saturated rings. The maximum Gasteiger partial charge on any atom is 0.0547 e. The molecule has 0 amide bonds. The number of nitrogens with zero attached hydrogens (tertiary/aromatic N) is 1. The summed E-state index contributed by atoms with van der Waals surface area (Å²) in [7, 11) is 0. The molecule has 1 nitrogen and oxygen atoms in total. The molecule has 0 atom stereocenters. The van der Waals surface area contributed by atoms with Crippen molar-refractivity contribution in [1.82, 2.24) is 4.57 Å². The van der Waals surface area contributed by atoms with Crippen molar-refractivity contribution < 1.29 is 0 Å². The first-order valence-electron chi connectivity index (χ1n) is 18.9. The molecular formula is C53H37N. The SMILES string of the molecule is CC1(C)c2ccccc2-c2c1ccc1c2c2cc(-c3c4ccccc4c(-c4ccc(-c5ccccc5)cc4)c4ccccc34)ccc2n1-c1ccccc1. The molecule has 0 saturated carbocycles. The second kappa shape index (κ2) is 11.7. The number of rotatable bonds is 4. The summed E-state index contributed by atoms with van der Waals surface area (Å²) in [6.45, 7) is 4.75. The lowest BCUT2D eigenvalue weighted by Gasteiger charge is -2.21. The van der Waals surface area contributed by atoms with Crippen molar-refractivity contribution >= 4 is 43.4 Å². The van der Waals surface area contributed by atoms with Gasteiger partial charge in [-0.1, -0.05) is 172 Å². The predicted octanol–water partition coefficient (Wildman–Crippen LogP) is 14.4. The Bertz CT molecular complexity index is 3030. The lowest BCUT2D eigenvalue weighted by molar-refractivity contribution is 0.661. The van der Waals surface area contributed by atoms with Gasteiger partial charge in [-0.15, -0.1) is 0 Å². The van der Waals surface area contributed by atoms with Crippen LogP contribution < -0.4 is 0 Å². The molecule has 254 valence electrons. The van der Waals surface area contributed by atoms with Gasteiger partial charge in [-0.3, -0.25) is 0 Å². The fourth-order valence-electron chi connectivity index (χ4n) is 9.52. The molecule has 0 saturated heterocycles. The third kappa shape index (κ3) is 4.39. The molecule has 54 heavy (non-hydrogen) atoms. The Kier molecular flexibility index (Phi) is 6.66. The Hall–Kier alpha value is -6.70. The summed E-state index contributed by atoms with van der Waals surface area (Å²) in [6, 6.07) is 69.5. The molecule has 1 aliphatic rings. The zero-order valence-electron chi connectivity index (χ0n) is 30.3. The Balaban J connectivity index is 1.21. The van der Waals surface area contributed by atoms with Crippen LogP contribution in [0.2, 0.25) is 0 Å². The van der Waals surface area contributed by atoms with Gasteiger partial charge in [-0.25, -0.2) is 0 Å². The molecule has 11 rings (SSSR count). The highest BCUT2D eigenvalue weighted by Gasteiger charge is 2.37. The highest BCUT2D eigenvalue weighted by atomic mass is 15.0. The van der Waals surface area contributed by atoms with E-state index in [2.05, 4.69) is 206 Å². The van der Waals surface area contributed by atoms with Crippen molar-refractivity contribution in [2.75, 3.05) is 0 Å². The van der Waals surface area contributed by atoms with E-state index in [1.165, 1.54) is 105 Å². The first-order valence-corrected chi connectivity index (χ1v) is 18.9. The number of para-hydroxylation sites is 1. The van der Waals surface area contributed by atoms with Crippen molar-refractivity contribution in [3.63, 3.8) is 0 Å². The Labute approximate surface area is 315 Å². The van der Waals surface area contributed by atoms with Crippen LogP contribution in [0.3, 0.4) is 0 Å². The third-order valence-electron chi connectivity index (χ3n) is 12.0. The number of hydrogen-bond acceptors (Lipinski definition) is 0. The average molecular weight is 688 g/mol. The molecule has 0 N–H and O–H groups in total. The van der Waals surface area contributed by atoms with Crippen LogP contribution in [0.15, 0.2) is 188 Å². The van der Waals surface area contributed by atoms with Gasteiger partial charge in [-0.05, 0) is 108 Å². The van der Waals surface area contributed by atoms with Crippen molar-refractivity contribution in [1.29, 1.82) is 0 Å². The minimum atomic E-state index is -0.0829. The van der Waals surface area contributed by atoms with Crippen LogP contribution in [0.5, 0.6) is 0 Å². The summed E-state index contributed by atoms with van der Waals surface area (Å²) in [6.07, 6.45) is 0. The summed E-state index contributed by atoms with van der Waals surface area (Å²) in [5, 5.41) is 7.67. The monoisotopic (exact) mass is 687 g/mol. The largest absolute Gasteiger partial charge is 0.309 e. The minimum absolute atomic E-state index is 0.0829. The zero-order valence-corrected chi connectivity index (χ0v) is 30.3. The van der Waals surface area contributed by atoms with E-state index < -0.39 is 0 Å². The van der Waals surface area contributed by atoms with E-state index in [0.29, 0.717) is 0 Å². The molecular weight excluding hydrogens is 651 g/mol. The first-order chi connectivity index (χ1) is 26.6. The van der Waals surface area contributed by atoms with E-state index in [0.717, 1.165) is 0 Å². The number of benzene rings is 9. The smallest absolute Gasteiger partial charge is 0.0547 e. The summed E-state index contributed by atoms with van der Waals surface area (Å²) in [5.74, 6) is 0. The normalized spacial score (nSPS) is 13.1. The Morgan fingerprint density at radius 2 is 0.852 bits per heavy atom. The van der Waals surface area contributed by atoms with Crippen LogP contribution in [-0.2, 0) is 5.41 Å². The average Bonchev–Trinajstić information content (AvgIpc) is 3.68. The lowest BCUT2D eigenvalue weighted by atomic mass is 9.82. The summed E-state index contributed by atoms with van der Waals surface area (Å²) >= 11 is 0. The van der Waals surface area contributed by atoms with Gasteiger partial charge in [-0.2, -0.15) is 0 Å². The summed E-state index contributed by atoms with van der Waals surface area (Å²) < 4.78 is 2.46. The van der Waals surface area contributed by atoms with E-state index in [1.54, 1.807) is 0 Å². The van der Waals surface area contributed by atoms with Crippen LogP contribution in [0, 0.1) is 0 Å². The van der Waals surface area contributed by atoms with Gasteiger partial charge in [0.05, 0.1) is 11.0 Å². The van der Waals surface area contributed by atoms with E-state index in [-0.39, 0.29) is 5.41 Å². The van der Waals surface area contributed by atoms with Crippen molar-refractivity contribution in [2.24, 2.45) is 0 Å². The second-order valence-corrected chi connectivity index (χ2v) is 15.2. The van der Waals surface area contributed by atoms with Crippen molar-refractivity contribution in [3.05, 3.63) is 199 Å². The first kappa shape index (κ1) is 30.9. The van der Waals surface area contributed by atoms with Gasteiger partial charge in [0, 0.05) is 21.9 Å². The standard InChI is InChI=1S/C53H37N/c1-53(2)45-24-14-13-23-43(45)51-46(53)30-32-48-52(51)44-33-37(29-31-47(44)54(48)38-17-7-4-8-18-38)50-41-21-11-9-19-39(41)49(40-20-10-12-22-42(40)50)36-27-25-35(26-28-36)34-15-5-3-6-16-34/h3-33H,1-2H3. The van der Waals surface area contributed by atoms with Crippen molar-refractivity contribution in [3.8, 4) is 50.2 Å². The van der Waals surface area contributed by atoms with E-state index in [1.807, 2.05) is 0 Å². The number of aromatic nitrogens is 1. The van der Waals surface area contributed by atoms with Crippen LogP contribution >= 0.6 is 0 Å². The molecule has 10 aromatic rings. The quantitative estimate of drug-likeness (QED) is 0.162. The minimum Gasteiger partial charge on any atom is -0.309 e. The van der Waals surface area contributed by atoms with Gasteiger partial charge in [0.1, 0.15) is 0 Å². The highest BCUT2D eigenvalue weighted by Crippen LogP contribution is 2.54. The van der Waals surface area contributed by atoms with Crippen molar-refractivity contribution in [2.45, 2.75) is 19.3 Å². The number of fused-ring (bicyclic) bond motifs is 9. The van der Waals surface area contributed by atoms with Gasteiger partial charge < -0.3 is 4.57 Å². The fraction of sp³-hybridized carbons (Fsp3) is 0.0566. The molecule has 1 heteroatoms. The van der Waals surface area contributed by atoms with E-state index in [4.69, 9.17) is 0 Å². The van der Waals surface area contributed by atoms with E-state index >= 15 is 0 Å². The number of hydrogen-bond donors (Lipinski definition) is 0. The third-order valence-corrected chi connectivity index (χ3v) is 12.0. The molecule has 0 bridgehead atoms. The van der Waals surface area contributed by atoms with Gasteiger partial charge in [0.15, 0.2) is 0 Å². The van der Waals surface area contributed by atoms with E-state index in [9.17, 15) is 0 Å². The molecule has 0 aliphatic heterocycles. The Morgan fingerprint density at radius 3 is 1.52 bits per heavy atom. The Morgan fingerprint density at radius 1 is 0.352 bits per heavy atom. The zero-order chi connectivity index (χ0) is 36.0. The summed E-state index contributed by atoms with van der Waals surface area (Å²) in [4.78, 5) is 0. The van der Waals surface area contributed by atoms with Crippen LogP contribution in [0.25, 0.3) is 93.5 Å². The van der Waals surface area contributed by atoms with Gasteiger partial charge in [0.25, 0.3) is 0 Å². The van der Waals surface area contributed by atoms with Crippen LogP contribution in [0.4, 0.5) is 0 Å². The summed E-state index contributed by atoms with van der Waals surface area (Å²) in [5.41, 5.74) is 16.5.